The summed E-state index contributed by atoms with van der Waals surface area (Å²) in [6.45, 7) is 0.711. The van der Waals surface area contributed by atoms with E-state index in [2.05, 4.69) is 11.4 Å². The van der Waals surface area contributed by atoms with Crippen LogP contribution in [0.2, 0.25) is 0 Å². The fourth-order valence-corrected chi connectivity index (χ4v) is 3.41. The van der Waals surface area contributed by atoms with E-state index in [1.165, 1.54) is 56.2 Å². The predicted molar refractivity (Wildman–Crippen MR) is 93.3 cm³/mol. The molecule has 0 spiro atoms. The van der Waals surface area contributed by atoms with Crippen LogP contribution in [0, 0.1) is 5.82 Å². The first kappa shape index (κ1) is 17.9. The summed E-state index contributed by atoms with van der Waals surface area (Å²) >= 11 is 1.49. The first-order valence-corrected chi connectivity index (χ1v) is 9.19. The fourth-order valence-electron chi connectivity index (χ4n) is 2.61. The molecule has 0 aromatic heterocycles. The highest BCUT2D eigenvalue weighted by molar-refractivity contribution is 7.99. The number of methoxy groups -OCH3 is 1. The summed E-state index contributed by atoms with van der Waals surface area (Å²) in [6, 6.07) is 4.89. The Kier molecular flexibility index (Phi) is 7.46. The standard InChI is InChI=1S/C18H24FNO2S/c1-22-17-8-7-15(11-16(17)19)12-23-13-18(21)20-10-9-14-5-3-2-4-6-14/h5,7-8,11H,2-4,6,9-10,12-13H2,1H3,(H,20,21). The van der Waals surface area contributed by atoms with E-state index in [1.807, 2.05) is 6.07 Å². The van der Waals surface area contributed by atoms with Gasteiger partial charge in [-0.15, -0.1) is 11.8 Å². The van der Waals surface area contributed by atoms with Crippen LogP contribution in [0.1, 0.15) is 37.7 Å². The second-order valence-electron chi connectivity index (χ2n) is 5.67. The zero-order valence-electron chi connectivity index (χ0n) is 13.6. The molecule has 0 fully saturated rings. The molecule has 5 heteroatoms. The van der Waals surface area contributed by atoms with Gasteiger partial charge in [0.25, 0.3) is 0 Å². The van der Waals surface area contributed by atoms with Gasteiger partial charge in [0.2, 0.25) is 5.91 Å². The Balaban J connectivity index is 1.62. The first-order chi connectivity index (χ1) is 11.2. The van der Waals surface area contributed by atoms with E-state index in [0.717, 1.165) is 12.0 Å². The molecule has 0 aliphatic heterocycles. The van der Waals surface area contributed by atoms with Crippen molar-refractivity contribution in [1.82, 2.24) is 5.32 Å². The molecule has 1 amide bonds. The molecule has 3 nitrogen and oxygen atoms in total. The van der Waals surface area contributed by atoms with Gasteiger partial charge in [-0.1, -0.05) is 17.7 Å². The number of thioether (sulfide) groups is 1. The number of hydrogen-bond acceptors (Lipinski definition) is 3. The Morgan fingerprint density at radius 1 is 1.39 bits per heavy atom. The van der Waals surface area contributed by atoms with E-state index in [0.29, 0.717) is 18.1 Å². The van der Waals surface area contributed by atoms with Crippen molar-refractivity contribution >= 4 is 17.7 Å². The van der Waals surface area contributed by atoms with Gasteiger partial charge in [-0.2, -0.15) is 0 Å². The maximum atomic E-state index is 13.6. The summed E-state index contributed by atoms with van der Waals surface area (Å²) in [6.07, 6.45) is 8.18. The Bertz CT molecular complexity index is 560. The van der Waals surface area contributed by atoms with Crippen LogP contribution in [0.25, 0.3) is 0 Å². The number of carbonyl (C=O) groups excluding carboxylic acids is 1. The SMILES string of the molecule is COc1ccc(CSCC(=O)NCCC2=CCCCC2)cc1F. The third kappa shape index (κ3) is 6.26. The number of allylic oxidation sites excluding steroid dienone is 1. The predicted octanol–water partition coefficient (Wildman–Crippen LogP) is 4.07. The molecule has 1 N–H and O–H groups in total. The lowest BCUT2D eigenvalue weighted by Crippen LogP contribution is -2.26. The molecule has 2 rings (SSSR count). The van der Waals surface area contributed by atoms with Crippen molar-refractivity contribution in [3.05, 3.63) is 41.2 Å². The van der Waals surface area contributed by atoms with Gasteiger partial charge in [0.1, 0.15) is 0 Å². The zero-order valence-corrected chi connectivity index (χ0v) is 14.4. The fraction of sp³-hybridized carbons (Fsp3) is 0.500. The lowest BCUT2D eigenvalue weighted by Gasteiger charge is -2.12. The topological polar surface area (TPSA) is 38.3 Å². The summed E-state index contributed by atoms with van der Waals surface area (Å²) in [5.74, 6) is 0.927. The zero-order chi connectivity index (χ0) is 16.5. The van der Waals surface area contributed by atoms with Crippen LogP contribution in [0.5, 0.6) is 5.75 Å². The van der Waals surface area contributed by atoms with Crippen molar-refractivity contribution in [2.24, 2.45) is 0 Å². The Hall–Kier alpha value is -1.49. The lowest BCUT2D eigenvalue weighted by atomic mass is 9.97. The maximum Gasteiger partial charge on any atom is 0.230 e. The highest BCUT2D eigenvalue weighted by Crippen LogP contribution is 2.21. The van der Waals surface area contributed by atoms with Gasteiger partial charge in [0.05, 0.1) is 12.9 Å². The summed E-state index contributed by atoms with van der Waals surface area (Å²) in [5.41, 5.74) is 2.33. The molecule has 0 bridgehead atoms. The number of benzene rings is 1. The molecule has 1 aromatic rings. The molecule has 0 unspecified atom stereocenters. The Morgan fingerprint density at radius 2 is 2.26 bits per heavy atom. The third-order valence-corrected chi connectivity index (χ3v) is 4.88. The summed E-state index contributed by atoms with van der Waals surface area (Å²) in [5, 5.41) is 2.95. The van der Waals surface area contributed by atoms with Gasteiger partial charge in [0.15, 0.2) is 11.6 Å². The maximum absolute atomic E-state index is 13.6. The van der Waals surface area contributed by atoms with Gasteiger partial charge in [-0.05, 0) is 49.8 Å². The lowest BCUT2D eigenvalue weighted by molar-refractivity contribution is -0.118. The number of carbonyl (C=O) groups is 1. The number of nitrogens with one attached hydrogen (secondary N) is 1. The van der Waals surface area contributed by atoms with Crippen LogP contribution >= 0.6 is 11.8 Å². The molecule has 0 saturated heterocycles. The van der Waals surface area contributed by atoms with Crippen molar-refractivity contribution in [1.29, 1.82) is 0 Å². The number of rotatable bonds is 8. The van der Waals surface area contributed by atoms with Crippen molar-refractivity contribution < 1.29 is 13.9 Å². The van der Waals surface area contributed by atoms with Crippen LogP contribution in [0.4, 0.5) is 4.39 Å². The summed E-state index contributed by atoms with van der Waals surface area (Å²) in [4.78, 5) is 11.8. The molecule has 1 aliphatic carbocycles. The van der Waals surface area contributed by atoms with Crippen molar-refractivity contribution in [3.63, 3.8) is 0 Å². The van der Waals surface area contributed by atoms with Crippen molar-refractivity contribution in [2.45, 2.75) is 37.9 Å². The van der Waals surface area contributed by atoms with Crippen LogP contribution in [-0.4, -0.2) is 25.3 Å². The van der Waals surface area contributed by atoms with Crippen molar-refractivity contribution in [3.8, 4) is 5.75 Å². The Morgan fingerprint density at radius 3 is 2.96 bits per heavy atom. The smallest absolute Gasteiger partial charge is 0.230 e. The number of ether oxygens (including phenoxy) is 1. The van der Waals surface area contributed by atoms with E-state index in [1.54, 1.807) is 6.07 Å². The largest absolute Gasteiger partial charge is 0.494 e. The highest BCUT2D eigenvalue weighted by Gasteiger charge is 2.07. The van der Waals surface area contributed by atoms with E-state index in [9.17, 15) is 9.18 Å². The van der Waals surface area contributed by atoms with Gasteiger partial charge >= 0.3 is 0 Å². The van der Waals surface area contributed by atoms with Crippen LogP contribution in [-0.2, 0) is 10.5 Å². The number of hydrogen-bond donors (Lipinski definition) is 1. The van der Waals surface area contributed by atoms with Crippen LogP contribution in [0.3, 0.4) is 0 Å². The van der Waals surface area contributed by atoms with E-state index in [-0.39, 0.29) is 17.5 Å². The molecule has 1 aromatic carbocycles. The molecule has 0 saturated carbocycles. The minimum absolute atomic E-state index is 0.0420. The van der Waals surface area contributed by atoms with E-state index in [4.69, 9.17) is 4.74 Å². The van der Waals surface area contributed by atoms with E-state index >= 15 is 0 Å². The number of halogens is 1. The van der Waals surface area contributed by atoms with Gasteiger partial charge in [-0.25, -0.2) is 4.39 Å². The van der Waals surface area contributed by atoms with Crippen LogP contribution < -0.4 is 10.1 Å². The molecular weight excluding hydrogens is 313 g/mol. The minimum atomic E-state index is -0.365. The normalized spacial score (nSPS) is 14.3. The minimum Gasteiger partial charge on any atom is -0.494 e. The molecule has 1 aliphatic rings. The van der Waals surface area contributed by atoms with Crippen LogP contribution in [0.15, 0.2) is 29.8 Å². The average Bonchev–Trinajstić information content (AvgIpc) is 2.56. The second kappa shape index (κ2) is 9.60. The molecular formula is C18H24FNO2S. The molecule has 23 heavy (non-hydrogen) atoms. The quantitative estimate of drug-likeness (QED) is 0.727. The Labute approximate surface area is 141 Å². The van der Waals surface area contributed by atoms with Gasteiger partial charge in [-0.3, -0.25) is 4.79 Å². The second-order valence-corrected chi connectivity index (χ2v) is 6.66. The molecule has 0 heterocycles. The molecule has 126 valence electrons. The van der Waals surface area contributed by atoms with Gasteiger partial charge < -0.3 is 10.1 Å². The molecule has 0 atom stereocenters. The average molecular weight is 337 g/mol. The summed E-state index contributed by atoms with van der Waals surface area (Å²) < 4.78 is 18.4. The molecule has 0 radical (unpaired) electrons. The highest BCUT2D eigenvalue weighted by atomic mass is 32.2. The number of amides is 1. The first-order valence-electron chi connectivity index (χ1n) is 8.04. The van der Waals surface area contributed by atoms with E-state index < -0.39 is 0 Å². The monoisotopic (exact) mass is 337 g/mol. The third-order valence-electron chi connectivity index (χ3n) is 3.87. The van der Waals surface area contributed by atoms with Gasteiger partial charge in [0, 0.05) is 12.3 Å². The summed E-state index contributed by atoms with van der Waals surface area (Å²) in [7, 11) is 1.44. The van der Waals surface area contributed by atoms with Crippen molar-refractivity contribution in [2.75, 3.05) is 19.4 Å².